The molecule has 0 saturated heterocycles. The first kappa shape index (κ1) is 30.2. The Hall–Kier alpha value is -2.30. The molecule has 0 aromatic heterocycles. The van der Waals surface area contributed by atoms with Gasteiger partial charge in [0.05, 0.1) is 21.5 Å². The van der Waals surface area contributed by atoms with Crippen LogP contribution < -0.4 is 20.9 Å². The summed E-state index contributed by atoms with van der Waals surface area (Å²) in [5, 5.41) is 76.3. The van der Waals surface area contributed by atoms with Gasteiger partial charge in [-0.2, -0.15) is 0 Å². The molecule has 0 heterocycles. The number of alkyl halides is 4. The Kier molecular flexibility index (Phi) is 10.1. The summed E-state index contributed by atoms with van der Waals surface area (Å²) in [7, 11) is 0. The Balaban J connectivity index is 1.84. The third kappa shape index (κ3) is 6.63. The second kappa shape index (κ2) is 12.7. The highest BCUT2D eigenvalue weighted by molar-refractivity contribution is 6.31. The van der Waals surface area contributed by atoms with E-state index < -0.39 is 32.0 Å². The van der Waals surface area contributed by atoms with Crippen molar-refractivity contribution in [2.75, 3.05) is 20.9 Å². The number of hydrogen-bond donors (Lipinski definition) is 4. The van der Waals surface area contributed by atoms with Gasteiger partial charge in [0.25, 0.3) is 0 Å². The molecule has 0 fully saturated rings. The van der Waals surface area contributed by atoms with Crippen LogP contribution in [0.25, 0.3) is 0 Å². The van der Waals surface area contributed by atoms with Crippen molar-refractivity contribution in [1.29, 1.82) is 0 Å². The van der Waals surface area contributed by atoms with Crippen molar-refractivity contribution in [1.82, 2.24) is 0 Å². The Labute approximate surface area is 235 Å². The van der Waals surface area contributed by atoms with E-state index in [1.54, 1.807) is 24.3 Å². The SMILES string of the molecule is [O-]N([O-])c1ccc([C@@H](Cl)[C@@H](Cl)c2ccc([C@H](Cl)[C@H](Cl)c3ccc(N([O-])[O-])cc3N(O)O)cc2)c(N(O)O)c1. The number of hydrogen-bond acceptors (Lipinski definition) is 12. The molecular formula is C22H18Cl4N4O8-4. The minimum absolute atomic E-state index is 0.116. The van der Waals surface area contributed by atoms with Crippen LogP contribution in [0.4, 0.5) is 22.7 Å². The molecule has 3 aromatic carbocycles. The Morgan fingerprint density at radius 3 is 1.08 bits per heavy atom. The number of rotatable bonds is 10. The number of nitrogens with zero attached hydrogens (tertiary/aromatic N) is 4. The van der Waals surface area contributed by atoms with Crippen molar-refractivity contribution in [3.63, 3.8) is 0 Å². The summed E-state index contributed by atoms with van der Waals surface area (Å²) in [6, 6.07) is 13.0. The zero-order valence-electron chi connectivity index (χ0n) is 18.8. The summed E-state index contributed by atoms with van der Waals surface area (Å²) in [5.74, 6) is 0. The van der Waals surface area contributed by atoms with Crippen molar-refractivity contribution in [2.24, 2.45) is 0 Å². The van der Waals surface area contributed by atoms with Crippen LogP contribution in [-0.4, -0.2) is 20.8 Å². The van der Waals surface area contributed by atoms with E-state index in [4.69, 9.17) is 46.4 Å². The Morgan fingerprint density at radius 1 is 0.500 bits per heavy atom. The molecule has 0 spiro atoms. The molecule has 0 bridgehead atoms. The van der Waals surface area contributed by atoms with Gasteiger partial charge in [0.1, 0.15) is 11.4 Å². The molecule has 0 aliphatic carbocycles. The molecule has 3 rings (SSSR count). The summed E-state index contributed by atoms with van der Waals surface area (Å²) in [6.07, 6.45) is 0. The van der Waals surface area contributed by atoms with Crippen molar-refractivity contribution >= 4 is 69.2 Å². The zero-order valence-corrected chi connectivity index (χ0v) is 21.8. The molecule has 0 saturated carbocycles. The molecule has 0 radical (unpaired) electrons. The van der Waals surface area contributed by atoms with E-state index in [-0.39, 0.29) is 44.3 Å². The number of benzene rings is 3. The predicted molar refractivity (Wildman–Crippen MR) is 144 cm³/mol. The van der Waals surface area contributed by atoms with Crippen molar-refractivity contribution < 1.29 is 20.8 Å². The lowest BCUT2D eigenvalue weighted by Gasteiger charge is -2.38. The minimum Gasteiger partial charge on any atom is -0.769 e. The fraction of sp³-hybridized carbons (Fsp3) is 0.182. The first-order valence-corrected chi connectivity index (χ1v) is 12.2. The third-order valence-electron chi connectivity index (χ3n) is 5.56. The summed E-state index contributed by atoms with van der Waals surface area (Å²) in [5.41, 5.74) is -0.212. The van der Waals surface area contributed by atoms with E-state index in [9.17, 15) is 41.7 Å². The first-order valence-electron chi connectivity index (χ1n) is 10.4. The van der Waals surface area contributed by atoms with E-state index in [1.165, 1.54) is 12.1 Å². The lowest BCUT2D eigenvalue weighted by molar-refractivity contribution is 0.0280. The Bertz CT molecular complexity index is 1140. The van der Waals surface area contributed by atoms with E-state index in [0.717, 1.165) is 24.3 Å². The topological polar surface area (TPSA) is 186 Å². The molecular weight excluding hydrogens is 590 g/mol. The van der Waals surface area contributed by atoms with Crippen molar-refractivity contribution in [3.8, 4) is 0 Å². The van der Waals surface area contributed by atoms with Gasteiger partial charge in [-0.1, -0.05) is 36.4 Å². The molecule has 0 unspecified atom stereocenters. The van der Waals surface area contributed by atoms with Crippen molar-refractivity contribution in [2.45, 2.75) is 21.5 Å². The van der Waals surface area contributed by atoms with Crippen LogP contribution in [0.15, 0.2) is 60.7 Å². The van der Waals surface area contributed by atoms with E-state index in [2.05, 4.69) is 0 Å². The molecule has 38 heavy (non-hydrogen) atoms. The van der Waals surface area contributed by atoms with Gasteiger partial charge >= 0.3 is 0 Å². The average molecular weight is 608 g/mol. The van der Waals surface area contributed by atoms with Crippen LogP contribution in [0, 0.1) is 20.8 Å². The van der Waals surface area contributed by atoms with Crippen LogP contribution >= 0.6 is 46.4 Å². The van der Waals surface area contributed by atoms with E-state index >= 15 is 0 Å². The summed E-state index contributed by atoms with van der Waals surface area (Å²) >= 11 is 26.0. The van der Waals surface area contributed by atoms with Crippen LogP contribution in [0.1, 0.15) is 43.8 Å². The fourth-order valence-corrected chi connectivity index (χ4v) is 4.84. The maximum absolute atomic E-state index is 11.0. The average Bonchev–Trinajstić information content (AvgIpc) is 2.90. The lowest BCUT2D eigenvalue weighted by atomic mass is 9.97. The predicted octanol–water partition coefficient (Wildman–Crippen LogP) is 6.98. The second-order valence-corrected chi connectivity index (χ2v) is 9.73. The molecule has 4 atom stereocenters. The number of halogens is 4. The molecule has 4 N–H and O–H groups in total. The van der Waals surface area contributed by atoms with Gasteiger partial charge in [-0.05, 0) is 35.4 Å². The van der Waals surface area contributed by atoms with Crippen LogP contribution in [-0.2, 0) is 0 Å². The zero-order chi connectivity index (χ0) is 28.3. The summed E-state index contributed by atoms with van der Waals surface area (Å²) in [6.45, 7) is 0. The van der Waals surface area contributed by atoms with Crippen molar-refractivity contribution in [3.05, 3.63) is 104 Å². The first-order chi connectivity index (χ1) is 17.8. The van der Waals surface area contributed by atoms with Gasteiger partial charge in [-0.25, -0.2) is 0 Å². The van der Waals surface area contributed by atoms with Gasteiger partial charge in [-0.15, -0.1) is 56.9 Å². The monoisotopic (exact) mass is 606 g/mol. The third-order valence-corrected chi connectivity index (χ3v) is 7.80. The molecule has 16 heteroatoms. The van der Waals surface area contributed by atoms with E-state index in [0.29, 0.717) is 11.1 Å². The van der Waals surface area contributed by atoms with Gasteiger partial charge in [0, 0.05) is 22.5 Å². The summed E-state index contributed by atoms with van der Waals surface area (Å²) < 4.78 is 0. The minimum atomic E-state index is -1.05. The van der Waals surface area contributed by atoms with Crippen LogP contribution in [0.3, 0.4) is 0 Å². The normalized spacial score (nSPS) is 14.4. The largest absolute Gasteiger partial charge is 0.769 e. The highest BCUT2D eigenvalue weighted by Crippen LogP contribution is 2.46. The molecule has 3 aromatic rings. The maximum atomic E-state index is 11.0. The molecule has 0 aliphatic rings. The quantitative estimate of drug-likeness (QED) is 0.137. The molecule has 0 aliphatic heterocycles. The van der Waals surface area contributed by atoms with Crippen LogP contribution in [0.2, 0.25) is 0 Å². The van der Waals surface area contributed by atoms with Gasteiger partial charge in [0.15, 0.2) is 0 Å². The highest BCUT2D eigenvalue weighted by Gasteiger charge is 2.27. The Morgan fingerprint density at radius 2 is 0.816 bits per heavy atom. The summed E-state index contributed by atoms with van der Waals surface area (Å²) in [4.78, 5) is 0. The van der Waals surface area contributed by atoms with Gasteiger partial charge < -0.3 is 31.3 Å². The molecule has 206 valence electrons. The fourth-order valence-electron chi connectivity index (χ4n) is 3.62. The van der Waals surface area contributed by atoms with E-state index in [1.807, 2.05) is 0 Å². The number of anilines is 4. The lowest BCUT2D eigenvalue weighted by Crippen LogP contribution is -2.16. The smallest absolute Gasteiger partial charge is 0.101 e. The standard InChI is InChI=1S/C22H18Cl4N4O8/c23-19(21(25)15-7-5-13(27(31)32)9-17(15)29(35)36)11-1-2-12(4-3-11)20(24)22(26)16-8-6-14(28(33)34)10-18(16)30(37)38/h1-10,19-22,35-38H/q-4/t19-,20-,21+,22+/m0/s1. The van der Waals surface area contributed by atoms with Crippen LogP contribution in [0.5, 0.6) is 0 Å². The molecule has 0 amide bonds. The maximum Gasteiger partial charge on any atom is 0.101 e. The molecule has 12 nitrogen and oxygen atoms in total. The highest BCUT2D eigenvalue weighted by atomic mass is 35.5. The van der Waals surface area contributed by atoms with Gasteiger partial charge in [0.2, 0.25) is 0 Å². The second-order valence-electron chi connectivity index (χ2n) is 7.85. The van der Waals surface area contributed by atoms with Gasteiger partial charge in [-0.3, -0.25) is 20.8 Å².